The molecule has 0 bridgehead atoms. The summed E-state index contributed by atoms with van der Waals surface area (Å²) in [5, 5.41) is 11.1. The first-order valence-electron chi connectivity index (χ1n) is 5.62. The quantitative estimate of drug-likeness (QED) is 0.841. The molecule has 1 aliphatic rings. The molecule has 0 heterocycles. The van der Waals surface area contributed by atoms with Gasteiger partial charge in [-0.15, -0.1) is 0 Å². The fourth-order valence-electron chi connectivity index (χ4n) is 2.59. The maximum Gasteiger partial charge on any atom is 0.0627 e. The monoisotopic (exact) mass is 258 g/mol. The average molecular weight is 259 g/mol. The molecule has 16 heavy (non-hydrogen) atoms. The van der Waals surface area contributed by atoms with E-state index in [0.717, 1.165) is 18.4 Å². The predicted molar refractivity (Wildman–Crippen MR) is 68.2 cm³/mol. The summed E-state index contributed by atoms with van der Waals surface area (Å²) in [4.78, 5) is 0. The maximum absolute atomic E-state index is 9.88. The van der Waals surface area contributed by atoms with Gasteiger partial charge in [-0.25, -0.2) is 0 Å². The molecule has 3 unspecified atom stereocenters. The minimum atomic E-state index is -0.224. The van der Waals surface area contributed by atoms with E-state index < -0.39 is 0 Å². The average Bonchev–Trinajstić information content (AvgIpc) is 2.29. The third kappa shape index (κ3) is 1.66. The highest BCUT2D eigenvalue weighted by molar-refractivity contribution is 6.42. The first kappa shape index (κ1) is 12.2. The Morgan fingerprint density at radius 3 is 2.69 bits per heavy atom. The standard InChI is InChI=1S/C13H16Cl2O/c1-3-13(2)9(7-11(13)16)8-5-4-6-10(14)12(8)15/h4-6,9,11,16H,3,7H2,1-2H3. The third-order valence-electron chi connectivity index (χ3n) is 4.13. The van der Waals surface area contributed by atoms with Crippen LogP contribution in [0.4, 0.5) is 0 Å². The first-order chi connectivity index (χ1) is 7.50. The summed E-state index contributed by atoms with van der Waals surface area (Å²) in [7, 11) is 0. The van der Waals surface area contributed by atoms with Crippen molar-refractivity contribution in [1.29, 1.82) is 0 Å². The second kappa shape index (κ2) is 4.21. The lowest BCUT2D eigenvalue weighted by Gasteiger charge is -2.52. The van der Waals surface area contributed by atoms with Crippen molar-refractivity contribution in [3.63, 3.8) is 0 Å². The van der Waals surface area contributed by atoms with Crippen molar-refractivity contribution in [2.24, 2.45) is 5.41 Å². The molecule has 2 rings (SSSR count). The summed E-state index contributed by atoms with van der Waals surface area (Å²) >= 11 is 12.2. The number of aliphatic hydroxyl groups is 1. The summed E-state index contributed by atoms with van der Waals surface area (Å²) in [6.07, 6.45) is 1.50. The fraction of sp³-hybridized carbons (Fsp3) is 0.538. The van der Waals surface area contributed by atoms with Crippen molar-refractivity contribution in [2.45, 2.75) is 38.7 Å². The topological polar surface area (TPSA) is 20.2 Å². The molecule has 1 aromatic rings. The molecular formula is C13H16Cl2O. The van der Waals surface area contributed by atoms with Gasteiger partial charge in [0.2, 0.25) is 0 Å². The lowest BCUT2D eigenvalue weighted by atomic mass is 9.55. The summed E-state index contributed by atoms with van der Waals surface area (Å²) in [6.45, 7) is 4.22. The fourth-order valence-corrected chi connectivity index (χ4v) is 3.03. The minimum Gasteiger partial charge on any atom is -0.393 e. The zero-order chi connectivity index (χ0) is 11.9. The Morgan fingerprint density at radius 2 is 2.12 bits per heavy atom. The van der Waals surface area contributed by atoms with Crippen LogP contribution in [-0.4, -0.2) is 11.2 Å². The molecule has 1 nitrogen and oxygen atoms in total. The Bertz CT molecular complexity index is 405. The van der Waals surface area contributed by atoms with Crippen molar-refractivity contribution < 1.29 is 5.11 Å². The van der Waals surface area contributed by atoms with Gasteiger partial charge in [-0.3, -0.25) is 0 Å². The van der Waals surface area contributed by atoms with Crippen LogP contribution in [0.2, 0.25) is 10.0 Å². The molecule has 0 aromatic heterocycles. The van der Waals surface area contributed by atoms with Gasteiger partial charge < -0.3 is 5.11 Å². The highest BCUT2D eigenvalue weighted by Crippen LogP contribution is 2.56. The van der Waals surface area contributed by atoms with Crippen LogP contribution >= 0.6 is 23.2 Å². The molecule has 0 saturated heterocycles. The summed E-state index contributed by atoms with van der Waals surface area (Å²) < 4.78 is 0. The number of hydrogen-bond donors (Lipinski definition) is 1. The number of hydrogen-bond acceptors (Lipinski definition) is 1. The molecule has 1 N–H and O–H groups in total. The molecule has 0 spiro atoms. The van der Waals surface area contributed by atoms with Crippen LogP contribution in [-0.2, 0) is 0 Å². The van der Waals surface area contributed by atoms with E-state index in [0.29, 0.717) is 16.0 Å². The Labute approximate surface area is 106 Å². The van der Waals surface area contributed by atoms with Crippen LogP contribution in [0, 0.1) is 5.41 Å². The summed E-state index contributed by atoms with van der Waals surface area (Å²) in [6, 6.07) is 5.73. The van der Waals surface area contributed by atoms with Gasteiger partial charge in [0.15, 0.2) is 0 Å². The largest absolute Gasteiger partial charge is 0.393 e. The van der Waals surface area contributed by atoms with Gasteiger partial charge in [-0.05, 0) is 30.4 Å². The van der Waals surface area contributed by atoms with E-state index in [1.165, 1.54) is 0 Å². The van der Waals surface area contributed by atoms with Crippen LogP contribution in [0.25, 0.3) is 0 Å². The molecule has 0 radical (unpaired) electrons. The van der Waals surface area contributed by atoms with Crippen LogP contribution in [0.3, 0.4) is 0 Å². The first-order valence-corrected chi connectivity index (χ1v) is 6.38. The highest BCUT2D eigenvalue weighted by Gasteiger charge is 2.50. The molecule has 1 aromatic carbocycles. The molecule has 3 atom stereocenters. The zero-order valence-electron chi connectivity index (χ0n) is 9.50. The molecule has 0 amide bonds. The Morgan fingerprint density at radius 1 is 1.44 bits per heavy atom. The Hall–Kier alpha value is -0.240. The zero-order valence-corrected chi connectivity index (χ0v) is 11.0. The van der Waals surface area contributed by atoms with Crippen molar-refractivity contribution in [3.8, 4) is 0 Å². The molecule has 1 aliphatic carbocycles. The minimum absolute atomic E-state index is 0.0612. The number of benzene rings is 1. The molecule has 3 heteroatoms. The van der Waals surface area contributed by atoms with Gasteiger partial charge in [0, 0.05) is 5.41 Å². The van der Waals surface area contributed by atoms with Crippen LogP contribution in [0.1, 0.15) is 38.2 Å². The summed E-state index contributed by atoms with van der Waals surface area (Å²) in [5.74, 6) is 0.318. The summed E-state index contributed by atoms with van der Waals surface area (Å²) in [5.41, 5.74) is 1.01. The van der Waals surface area contributed by atoms with Crippen molar-refractivity contribution in [1.82, 2.24) is 0 Å². The molecule has 1 fully saturated rings. The van der Waals surface area contributed by atoms with Gasteiger partial charge in [-0.2, -0.15) is 0 Å². The molecule has 0 aliphatic heterocycles. The van der Waals surface area contributed by atoms with Gasteiger partial charge in [0.1, 0.15) is 0 Å². The number of halogens is 2. The van der Waals surface area contributed by atoms with E-state index >= 15 is 0 Å². The van der Waals surface area contributed by atoms with Gasteiger partial charge in [0.25, 0.3) is 0 Å². The van der Waals surface area contributed by atoms with Crippen molar-refractivity contribution >= 4 is 23.2 Å². The smallest absolute Gasteiger partial charge is 0.0627 e. The lowest BCUT2D eigenvalue weighted by Crippen LogP contribution is -2.49. The van der Waals surface area contributed by atoms with E-state index in [1.54, 1.807) is 6.07 Å². The van der Waals surface area contributed by atoms with Gasteiger partial charge in [0.05, 0.1) is 16.1 Å². The van der Waals surface area contributed by atoms with Crippen molar-refractivity contribution in [2.75, 3.05) is 0 Å². The lowest BCUT2D eigenvalue weighted by molar-refractivity contribution is -0.0777. The van der Waals surface area contributed by atoms with E-state index in [2.05, 4.69) is 13.8 Å². The number of rotatable bonds is 2. The second-order valence-corrected chi connectivity index (χ2v) is 5.59. The normalized spacial score (nSPS) is 33.6. The van der Waals surface area contributed by atoms with Gasteiger partial charge >= 0.3 is 0 Å². The van der Waals surface area contributed by atoms with Gasteiger partial charge in [-0.1, -0.05) is 49.2 Å². The van der Waals surface area contributed by atoms with E-state index in [-0.39, 0.29) is 11.5 Å². The van der Waals surface area contributed by atoms with Crippen molar-refractivity contribution in [3.05, 3.63) is 33.8 Å². The second-order valence-electron chi connectivity index (χ2n) is 4.81. The molecule has 1 saturated carbocycles. The van der Waals surface area contributed by atoms with Crippen LogP contribution in [0.15, 0.2) is 18.2 Å². The molecule has 88 valence electrons. The van der Waals surface area contributed by atoms with Crippen LogP contribution < -0.4 is 0 Å². The molecular weight excluding hydrogens is 243 g/mol. The Balaban J connectivity index is 2.36. The maximum atomic E-state index is 9.88. The highest BCUT2D eigenvalue weighted by atomic mass is 35.5. The van der Waals surface area contributed by atoms with E-state index in [9.17, 15) is 5.11 Å². The van der Waals surface area contributed by atoms with E-state index in [1.807, 2.05) is 12.1 Å². The third-order valence-corrected chi connectivity index (χ3v) is 4.97. The Kier molecular flexibility index (Phi) is 3.22. The number of aliphatic hydroxyl groups excluding tert-OH is 1. The van der Waals surface area contributed by atoms with E-state index in [4.69, 9.17) is 23.2 Å². The van der Waals surface area contributed by atoms with Crippen LogP contribution in [0.5, 0.6) is 0 Å². The SMILES string of the molecule is CCC1(C)C(O)CC1c1cccc(Cl)c1Cl. The predicted octanol–water partition coefficient (Wildman–Crippen LogP) is 4.26.